The highest BCUT2D eigenvalue weighted by Crippen LogP contribution is 2.56. The summed E-state index contributed by atoms with van der Waals surface area (Å²) in [5.41, 5.74) is 3.97. The molecule has 3 atom stereocenters. The molecule has 0 saturated carbocycles. The smallest absolute Gasteiger partial charge is 0.243 e. The van der Waals surface area contributed by atoms with Crippen LogP contribution >= 0.6 is 23.3 Å². The van der Waals surface area contributed by atoms with E-state index < -0.39 is 0 Å². The second-order valence-electron chi connectivity index (χ2n) is 8.50. The minimum absolute atomic E-state index is 0.297. The first-order chi connectivity index (χ1) is 14.1. The lowest BCUT2D eigenvalue weighted by Gasteiger charge is -2.33. The Kier molecular flexibility index (Phi) is 3.98. The van der Waals surface area contributed by atoms with Gasteiger partial charge in [-0.1, -0.05) is 29.8 Å². The second-order valence-corrected chi connectivity index (χ2v) is 9.46. The number of aromatic nitrogens is 2. The Morgan fingerprint density at radius 3 is 2.97 bits per heavy atom. The number of carbonyl (C=O) groups is 1. The molecule has 3 saturated heterocycles. The summed E-state index contributed by atoms with van der Waals surface area (Å²) in [5.74, 6) is 0.685. The molecule has 3 aliphatic rings. The summed E-state index contributed by atoms with van der Waals surface area (Å²) >= 11 is 7.41. The summed E-state index contributed by atoms with van der Waals surface area (Å²) < 4.78 is 8.74. The topological polar surface area (TPSA) is 49.3 Å². The molecular weight excluding hydrogens is 404 g/mol. The molecule has 7 heteroatoms. The fourth-order valence-corrected chi connectivity index (χ4v) is 6.62. The third-order valence-corrected chi connectivity index (χ3v) is 7.84. The Hall–Kier alpha value is -2.02. The van der Waals surface area contributed by atoms with E-state index in [1.807, 2.05) is 18.2 Å². The molecule has 2 aromatic carbocycles. The van der Waals surface area contributed by atoms with E-state index in [4.69, 9.17) is 11.6 Å². The second kappa shape index (κ2) is 6.49. The van der Waals surface area contributed by atoms with E-state index in [1.165, 1.54) is 17.3 Å². The first kappa shape index (κ1) is 17.8. The lowest BCUT2D eigenvalue weighted by molar-refractivity contribution is -0.137. The minimum atomic E-state index is -0.321. The van der Waals surface area contributed by atoms with Crippen molar-refractivity contribution in [1.29, 1.82) is 0 Å². The molecule has 0 unspecified atom stereocenters. The molecule has 3 aromatic rings. The molecular formula is C22H21ClN4OS. The van der Waals surface area contributed by atoms with Crippen molar-refractivity contribution in [3.05, 3.63) is 58.6 Å². The maximum atomic E-state index is 13.7. The highest BCUT2D eigenvalue weighted by Gasteiger charge is 2.65. The van der Waals surface area contributed by atoms with Crippen LogP contribution in [0.4, 0.5) is 0 Å². The number of fused-ring (bicyclic) bond motifs is 1. The summed E-state index contributed by atoms with van der Waals surface area (Å²) in [5, 5.41) is 0.724. The highest BCUT2D eigenvalue weighted by atomic mass is 35.5. The lowest BCUT2D eigenvalue weighted by Crippen LogP contribution is -2.49. The van der Waals surface area contributed by atoms with Crippen LogP contribution < -0.4 is 0 Å². The summed E-state index contributed by atoms with van der Waals surface area (Å²) in [4.78, 5) is 18.2. The summed E-state index contributed by atoms with van der Waals surface area (Å²) in [6.07, 6.45) is 3.09. The molecule has 0 aliphatic carbocycles. The van der Waals surface area contributed by atoms with Crippen molar-refractivity contribution >= 4 is 40.3 Å². The van der Waals surface area contributed by atoms with E-state index in [0.717, 1.165) is 54.0 Å². The van der Waals surface area contributed by atoms with Gasteiger partial charge in [-0.15, -0.1) is 0 Å². The van der Waals surface area contributed by atoms with Gasteiger partial charge in [-0.3, -0.25) is 9.69 Å². The standard InChI is InChI=1S/C22H21ClN4OS/c23-17-4-1-3-14(9-17)12-26-13-16-11-20(27-8-2-7-22(16,27)21(26)28)15-5-6-18-19(10-15)25-29-24-18/h1,3-6,9-10,16,20H,2,7-8,11-13H2/t16-,20-,22-/m0/s1. The van der Waals surface area contributed by atoms with E-state index in [2.05, 4.69) is 42.8 Å². The molecule has 148 valence electrons. The van der Waals surface area contributed by atoms with Crippen LogP contribution in [0.15, 0.2) is 42.5 Å². The first-order valence-corrected chi connectivity index (χ1v) is 11.3. The van der Waals surface area contributed by atoms with Crippen molar-refractivity contribution in [2.75, 3.05) is 13.1 Å². The summed E-state index contributed by atoms with van der Waals surface area (Å²) in [6, 6.07) is 14.6. The van der Waals surface area contributed by atoms with Gasteiger partial charge in [0.2, 0.25) is 5.91 Å². The van der Waals surface area contributed by atoms with Crippen LogP contribution in [0.25, 0.3) is 11.0 Å². The van der Waals surface area contributed by atoms with Crippen LogP contribution in [-0.2, 0) is 11.3 Å². The zero-order valence-corrected chi connectivity index (χ0v) is 17.5. The predicted octanol–water partition coefficient (Wildman–Crippen LogP) is 4.28. The SMILES string of the molecule is O=C1N(Cc2cccc(Cl)c2)C[C@@H]2C[C@@H](c3ccc4nsnc4c3)N3CCC[C@@]123. The molecule has 1 aromatic heterocycles. The fourth-order valence-electron chi connectivity index (χ4n) is 5.89. The van der Waals surface area contributed by atoms with Gasteiger partial charge >= 0.3 is 0 Å². The summed E-state index contributed by atoms with van der Waals surface area (Å²) in [7, 11) is 0. The van der Waals surface area contributed by atoms with Crippen LogP contribution in [0.2, 0.25) is 5.02 Å². The number of amides is 1. The van der Waals surface area contributed by atoms with Gasteiger partial charge in [0.15, 0.2) is 0 Å². The number of halogens is 1. The van der Waals surface area contributed by atoms with E-state index in [0.29, 0.717) is 24.4 Å². The van der Waals surface area contributed by atoms with Gasteiger partial charge in [0.1, 0.15) is 16.6 Å². The van der Waals surface area contributed by atoms with Crippen molar-refractivity contribution in [3.8, 4) is 0 Å². The molecule has 1 amide bonds. The molecule has 3 aliphatic heterocycles. The van der Waals surface area contributed by atoms with Crippen molar-refractivity contribution in [1.82, 2.24) is 18.5 Å². The Bertz CT molecular complexity index is 1120. The van der Waals surface area contributed by atoms with Gasteiger partial charge in [-0.25, -0.2) is 0 Å². The maximum absolute atomic E-state index is 13.7. The van der Waals surface area contributed by atoms with E-state index in [9.17, 15) is 4.79 Å². The zero-order valence-electron chi connectivity index (χ0n) is 15.9. The van der Waals surface area contributed by atoms with Crippen molar-refractivity contribution in [2.24, 2.45) is 5.92 Å². The van der Waals surface area contributed by atoms with Crippen molar-refractivity contribution < 1.29 is 4.79 Å². The minimum Gasteiger partial charge on any atom is -0.336 e. The molecule has 29 heavy (non-hydrogen) atoms. The molecule has 0 bridgehead atoms. The Morgan fingerprint density at radius 2 is 2.07 bits per heavy atom. The number of nitrogens with zero attached hydrogens (tertiary/aromatic N) is 4. The van der Waals surface area contributed by atoms with Gasteiger partial charge in [-0.2, -0.15) is 8.75 Å². The zero-order chi connectivity index (χ0) is 19.6. The normalized spacial score (nSPS) is 29.0. The largest absolute Gasteiger partial charge is 0.336 e. The molecule has 3 fully saturated rings. The molecule has 0 N–H and O–H groups in total. The van der Waals surface area contributed by atoms with Crippen molar-refractivity contribution in [3.63, 3.8) is 0 Å². The molecule has 0 radical (unpaired) electrons. The van der Waals surface area contributed by atoms with Gasteiger partial charge in [-0.05, 0) is 61.2 Å². The number of likely N-dealkylation sites (tertiary alicyclic amines) is 1. The molecule has 4 heterocycles. The van der Waals surface area contributed by atoms with Crippen LogP contribution in [0.5, 0.6) is 0 Å². The predicted molar refractivity (Wildman–Crippen MR) is 114 cm³/mol. The van der Waals surface area contributed by atoms with Gasteiger partial charge in [0, 0.05) is 30.1 Å². The summed E-state index contributed by atoms with van der Waals surface area (Å²) in [6.45, 7) is 2.47. The molecule has 1 spiro atoms. The number of rotatable bonds is 3. The Balaban J connectivity index is 1.31. The third-order valence-electron chi connectivity index (χ3n) is 7.05. The number of hydrogen-bond acceptors (Lipinski definition) is 5. The van der Waals surface area contributed by atoms with E-state index in [1.54, 1.807) is 0 Å². The van der Waals surface area contributed by atoms with E-state index >= 15 is 0 Å². The van der Waals surface area contributed by atoms with Gasteiger partial charge < -0.3 is 4.90 Å². The van der Waals surface area contributed by atoms with Crippen molar-refractivity contribution in [2.45, 2.75) is 37.4 Å². The number of benzene rings is 2. The van der Waals surface area contributed by atoms with Crippen LogP contribution in [0, 0.1) is 5.92 Å². The first-order valence-electron chi connectivity index (χ1n) is 10.2. The molecule has 5 nitrogen and oxygen atoms in total. The van der Waals surface area contributed by atoms with Crippen LogP contribution in [0.1, 0.15) is 36.4 Å². The van der Waals surface area contributed by atoms with Gasteiger partial charge in [0.25, 0.3) is 0 Å². The van der Waals surface area contributed by atoms with Crippen LogP contribution in [-0.4, -0.2) is 43.1 Å². The third kappa shape index (κ3) is 2.59. The van der Waals surface area contributed by atoms with E-state index in [-0.39, 0.29) is 5.54 Å². The fraction of sp³-hybridized carbons (Fsp3) is 0.409. The average Bonchev–Trinajstić information content (AvgIpc) is 3.45. The number of carbonyl (C=O) groups excluding carboxylic acids is 1. The quantitative estimate of drug-likeness (QED) is 0.629. The van der Waals surface area contributed by atoms with Crippen LogP contribution in [0.3, 0.4) is 0 Å². The maximum Gasteiger partial charge on any atom is 0.243 e. The Labute approximate surface area is 178 Å². The lowest BCUT2D eigenvalue weighted by atomic mass is 9.85. The number of hydrogen-bond donors (Lipinski definition) is 0. The van der Waals surface area contributed by atoms with Gasteiger partial charge in [0.05, 0.1) is 11.7 Å². The molecule has 6 rings (SSSR count). The Morgan fingerprint density at radius 1 is 1.17 bits per heavy atom. The highest BCUT2D eigenvalue weighted by molar-refractivity contribution is 7.00. The monoisotopic (exact) mass is 424 g/mol. The average molecular weight is 425 g/mol.